The molecule has 0 heterocycles. The minimum atomic E-state index is -0.427. The molecule has 4 rings (SSSR count). The van der Waals surface area contributed by atoms with Gasteiger partial charge in [-0.05, 0) is 47.7 Å². The highest BCUT2D eigenvalue weighted by Crippen LogP contribution is 2.23. The number of amides is 2. The van der Waals surface area contributed by atoms with Gasteiger partial charge in [0.2, 0.25) is 11.8 Å². The molecule has 180 valence electrons. The van der Waals surface area contributed by atoms with Gasteiger partial charge in [-0.2, -0.15) is 0 Å². The summed E-state index contributed by atoms with van der Waals surface area (Å²) in [5, 5.41) is 9.42. The van der Waals surface area contributed by atoms with Crippen LogP contribution >= 0.6 is 0 Å². The van der Waals surface area contributed by atoms with E-state index in [1.807, 2.05) is 66.7 Å². The maximum atomic E-state index is 13.2. The Labute approximate surface area is 206 Å². The Morgan fingerprint density at radius 2 is 1.60 bits per heavy atom. The summed E-state index contributed by atoms with van der Waals surface area (Å²) in [4.78, 5) is 25.4. The first-order valence-electron chi connectivity index (χ1n) is 12.1. The number of rotatable bonds is 9. The van der Waals surface area contributed by atoms with Crippen LogP contribution in [0.3, 0.4) is 0 Å². The van der Waals surface area contributed by atoms with Crippen LogP contribution in [0.4, 0.5) is 11.4 Å². The van der Waals surface area contributed by atoms with Crippen LogP contribution in [0.25, 0.3) is 6.08 Å². The molecule has 1 fully saturated rings. The first-order valence-corrected chi connectivity index (χ1v) is 12.1. The molecule has 5 N–H and O–H groups in total. The number of hydrogen-bond acceptors (Lipinski definition) is 4. The highest BCUT2D eigenvalue weighted by Gasteiger charge is 2.25. The van der Waals surface area contributed by atoms with Crippen molar-refractivity contribution in [2.45, 2.75) is 44.3 Å². The summed E-state index contributed by atoms with van der Waals surface area (Å²) in [6, 6.07) is 24.7. The Balaban J connectivity index is 1.41. The fraction of sp³-hybridized carbons (Fsp3) is 0.241. The molecule has 3 aromatic rings. The van der Waals surface area contributed by atoms with Gasteiger partial charge in [0.15, 0.2) is 0 Å². The average Bonchev–Trinajstić information content (AvgIpc) is 3.40. The molecule has 0 aliphatic heterocycles. The van der Waals surface area contributed by atoms with E-state index in [9.17, 15) is 9.59 Å². The molecular weight excluding hydrogens is 436 g/mol. The number of nitrogens with one attached hydrogen (secondary N) is 3. The Kier molecular flexibility index (Phi) is 8.30. The Bertz CT molecular complexity index is 1150. The third-order valence-electron chi connectivity index (χ3n) is 6.24. The van der Waals surface area contributed by atoms with Gasteiger partial charge < -0.3 is 16.4 Å². The molecule has 1 aliphatic carbocycles. The zero-order chi connectivity index (χ0) is 24.5. The number of hydrogen-bond donors (Lipinski definition) is 4. The summed E-state index contributed by atoms with van der Waals surface area (Å²) in [7, 11) is 0. The lowest BCUT2D eigenvalue weighted by Crippen LogP contribution is -2.41. The molecule has 3 aromatic carbocycles. The van der Waals surface area contributed by atoms with Gasteiger partial charge in [-0.25, -0.2) is 0 Å². The maximum Gasteiger partial charge on any atom is 0.248 e. The SMILES string of the molecule is Nc1ccccc1NC(=O)C=Cc1ccc(C(NC2CCCC2)C(=O)NCc2ccccc2)cc1. The van der Waals surface area contributed by atoms with Crippen molar-refractivity contribution in [3.63, 3.8) is 0 Å². The highest BCUT2D eigenvalue weighted by molar-refractivity contribution is 6.03. The number of carbonyl (C=O) groups excluding carboxylic acids is 2. The largest absolute Gasteiger partial charge is 0.397 e. The predicted octanol–water partition coefficient (Wildman–Crippen LogP) is 4.81. The van der Waals surface area contributed by atoms with E-state index in [0.717, 1.165) is 29.5 Å². The van der Waals surface area contributed by atoms with Gasteiger partial charge >= 0.3 is 0 Å². The van der Waals surface area contributed by atoms with E-state index in [4.69, 9.17) is 5.73 Å². The highest BCUT2D eigenvalue weighted by atomic mass is 16.2. The zero-order valence-electron chi connectivity index (χ0n) is 19.7. The fourth-order valence-corrected chi connectivity index (χ4v) is 4.30. The standard InChI is InChI=1S/C29H32N4O2/c30-25-12-6-7-13-26(25)33-27(34)19-16-21-14-17-23(18-15-21)28(32-24-10-4-5-11-24)29(35)31-20-22-8-2-1-3-9-22/h1-3,6-9,12-19,24,28,32H,4-5,10-11,20,30H2,(H,31,35)(H,33,34). The molecule has 35 heavy (non-hydrogen) atoms. The van der Waals surface area contributed by atoms with E-state index in [1.165, 1.54) is 18.9 Å². The van der Waals surface area contributed by atoms with Gasteiger partial charge in [-0.3, -0.25) is 14.9 Å². The lowest BCUT2D eigenvalue weighted by molar-refractivity contribution is -0.123. The molecule has 6 heteroatoms. The summed E-state index contributed by atoms with van der Waals surface area (Å²) in [5.41, 5.74) is 9.82. The van der Waals surface area contributed by atoms with Crippen molar-refractivity contribution in [3.8, 4) is 0 Å². The number of carbonyl (C=O) groups is 2. The van der Waals surface area contributed by atoms with Gasteiger partial charge in [0.05, 0.1) is 11.4 Å². The maximum absolute atomic E-state index is 13.2. The first-order chi connectivity index (χ1) is 17.1. The average molecular weight is 469 g/mol. The van der Waals surface area contributed by atoms with Crippen LogP contribution in [0, 0.1) is 0 Å². The number of para-hydroxylation sites is 2. The minimum Gasteiger partial charge on any atom is -0.397 e. The predicted molar refractivity (Wildman–Crippen MR) is 141 cm³/mol. The van der Waals surface area contributed by atoms with Crippen LogP contribution in [-0.4, -0.2) is 17.9 Å². The van der Waals surface area contributed by atoms with Crippen molar-refractivity contribution < 1.29 is 9.59 Å². The van der Waals surface area contributed by atoms with Gasteiger partial charge in [0.25, 0.3) is 0 Å². The fourth-order valence-electron chi connectivity index (χ4n) is 4.30. The van der Waals surface area contributed by atoms with E-state index in [0.29, 0.717) is 24.0 Å². The Morgan fingerprint density at radius 3 is 2.31 bits per heavy atom. The van der Waals surface area contributed by atoms with E-state index in [2.05, 4.69) is 16.0 Å². The smallest absolute Gasteiger partial charge is 0.248 e. The van der Waals surface area contributed by atoms with Crippen molar-refractivity contribution in [1.82, 2.24) is 10.6 Å². The lowest BCUT2D eigenvalue weighted by atomic mass is 10.0. The monoisotopic (exact) mass is 468 g/mol. The van der Waals surface area contributed by atoms with Crippen molar-refractivity contribution >= 4 is 29.3 Å². The number of nitrogen functional groups attached to an aromatic ring is 1. The van der Waals surface area contributed by atoms with Crippen LogP contribution < -0.4 is 21.7 Å². The van der Waals surface area contributed by atoms with Crippen molar-refractivity contribution in [2.24, 2.45) is 0 Å². The van der Waals surface area contributed by atoms with Crippen molar-refractivity contribution in [1.29, 1.82) is 0 Å². The number of benzene rings is 3. The molecule has 1 atom stereocenters. The molecule has 1 aliphatic rings. The van der Waals surface area contributed by atoms with E-state index < -0.39 is 6.04 Å². The van der Waals surface area contributed by atoms with E-state index >= 15 is 0 Å². The number of anilines is 2. The van der Waals surface area contributed by atoms with Gasteiger partial charge in [-0.1, -0.05) is 79.6 Å². The molecule has 0 aromatic heterocycles. The lowest BCUT2D eigenvalue weighted by Gasteiger charge is -2.23. The van der Waals surface area contributed by atoms with Crippen LogP contribution in [-0.2, 0) is 16.1 Å². The van der Waals surface area contributed by atoms with Crippen LogP contribution in [0.15, 0.2) is 84.9 Å². The molecule has 1 unspecified atom stereocenters. The zero-order valence-corrected chi connectivity index (χ0v) is 19.7. The third-order valence-corrected chi connectivity index (χ3v) is 6.24. The van der Waals surface area contributed by atoms with Crippen LogP contribution in [0.5, 0.6) is 0 Å². The first kappa shape index (κ1) is 24.2. The minimum absolute atomic E-state index is 0.0381. The van der Waals surface area contributed by atoms with Gasteiger partial charge in [0, 0.05) is 18.7 Å². The van der Waals surface area contributed by atoms with E-state index in [-0.39, 0.29) is 11.8 Å². The Hall–Kier alpha value is -3.90. The van der Waals surface area contributed by atoms with Crippen LogP contribution in [0.1, 0.15) is 48.4 Å². The van der Waals surface area contributed by atoms with E-state index in [1.54, 1.807) is 18.2 Å². The van der Waals surface area contributed by atoms with Gasteiger partial charge in [-0.15, -0.1) is 0 Å². The molecule has 0 saturated heterocycles. The quantitative estimate of drug-likeness (QED) is 0.268. The van der Waals surface area contributed by atoms with Crippen LogP contribution in [0.2, 0.25) is 0 Å². The molecular formula is C29H32N4O2. The summed E-state index contributed by atoms with van der Waals surface area (Å²) in [6.45, 7) is 0.490. The molecule has 1 saturated carbocycles. The Morgan fingerprint density at radius 1 is 0.914 bits per heavy atom. The topological polar surface area (TPSA) is 96.2 Å². The number of nitrogens with two attached hydrogens (primary N) is 1. The van der Waals surface area contributed by atoms with Crippen molar-refractivity contribution in [3.05, 3.63) is 102 Å². The normalized spacial score (nSPS) is 14.6. The summed E-state index contributed by atoms with van der Waals surface area (Å²) in [5.74, 6) is -0.295. The second-order valence-corrected chi connectivity index (χ2v) is 8.86. The summed E-state index contributed by atoms with van der Waals surface area (Å²) < 4.78 is 0. The van der Waals surface area contributed by atoms with Gasteiger partial charge in [0.1, 0.15) is 6.04 Å². The van der Waals surface area contributed by atoms with Crippen molar-refractivity contribution in [2.75, 3.05) is 11.1 Å². The summed E-state index contributed by atoms with van der Waals surface area (Å²) >= 11 is 0. The molecule has 2 amide bonds. The molecule has 6 nitrogen and oxygen atoms in total. The molecule has 0 radical (unpaired) electrons. The molecule has 0 bridgehead atoms. The second kappa shape index (κ2) is 12.0. The summed E-state index contributed by atoms with van der Waals surface area (Å²) in [6.07, 6.45) is 7.77. The third kappa shape index (κ3) is 7.04. The molecule has 0 spiro atoms. The second-order valence-electron chi connectivity index (χ2n) is 8.86.